The number of rotatable bonds is 7. The van der Waals surface area contributed by atoms with E-state index >= 15 is 0 Å². The smallest absolute Gasteiger partial charge is 0.0540 e. The monoisotopic (exact) mass is 787 g/mol. The second-order valence-electron chi connectivity index (χ2n) is 18.5. The molecule has 11 rings (SSSR count). The Kier molecular flexibility index (Phi) is 9.19. The van der Waals surface area contributed by atoms with E-state index in [-0.39, 0.29) is 10.8 Å². The summed E-state index contributed by atoms with van der Waals surface area (Å²) in [6, 6.07) is 66.2. The van der Waals surface area contributed by atoms with Gasteiger partial charge in [-0.05, 0) is 127 Å². The fourth-order valence-corrected chi connectivity index (χ4v) is 11.8. The van der Waals surface area contributed by atoms with Crippen molar-refractivity contribution in [2.24, 2.45) is 0 Å². The maximum Gasteiger partial charge on any atom is 0.0540 e. The Balaban J connectivity index is 1.14. The van der Waals surface area contributed by atoms with E-state index < -0.39 is 0 Å². The average molecular weight is 788 g/mol. The van der Waals surface area contributed by atoms with Gasteiger partial charge >= 0.3 is 0 Å². The van der Waals surface area contributed by atoms with Crippen LogP contribution < -0.4 is 4.90 Å². The van der Waals surface area contributed by atoms with Crippen molar-refractivity contribution >= 4 is 44.2 Å². The van der Waals surface area contributed by atoms with Gasteiger partial charge in [-0.3, -0.25) is 0 Å². The van der Waals surface area contributed by atoms with Crippen LogP contribution in [0.2, 0.25) is 0 Å². The van der Waals surface area contributed by atoms with Gasteiger partial charge in [-0.1, -0.05) is 198 Å². The van der Waals surface area contributed by atoms with Crippen LogP contribution in [0.5, 0.6) is 0 Å². The molecule has 1 unspecified atom stereocenters. The fourth-order valence-electron chi connectivity index (χ4n) is 11.8. The fraction of sp³-hybridized carbons (Fsp3) is 0.200. The Morgan fingerprint density at radius 1 is 0.508 bits per heavy atom. The number of benzene rings is 8. The van der Waals surface area contributed by atoms with Crippen molar-refractivity contribution in [2.45, 2.75) is 76.0 Å². The minimum absolute atomic E-state index is 0.0519. The molecular weight excluding hydrogens is 735 g/mol. The molecular formula is C60H53N. The molecule has 0 aliphatic heterocycles. The second kappa shape index (κ2) is 14.9. The normalized spacial score (nSPS) is 18.3. The predicted molar refractivity (Wildman–Crippen MR) is 260 cm³/mol. The molecule has 0 amide bonds. The lowest BCUT2D eigenvalue weighted by Gasteiger charge is -2.36. The number of nitrogens with zero attached hydrogens (tertiary/aromatic N) is 1. The third kappa shape index (κ3) is 6.20. The zero-order valence-corrected chi connectivity index (χ0v) is 35.7. The summed E-state index contributed by atoms with van der Waals surface area (Å²) in [7, 11) is 0. The summed E-state index contributed by atoms with van der Waals surface area (Å²) in [6.07, 6.45) is 12.3. The number of allylic oxidation sites excluding steroid dienone is 4. The highest BCUT2D eigenvalue weighted by Gasteiger charge is 2.50. The SMILES string of the molecule is CC1(C)C2=C(c3cccc(N(c4cccc(-c5cccc6ccccc56)c4)c4ccccc4-c4cccc5cccc(C6CCCCC6)c45)c3)C=CCC2(C)c2ccccc21. The summed E-state index contributed by atoms with van der Waals surface area (Å²) >= 11 is 0. The van der Waals surface area contributed by atoms with Gasteiger partial charge in [-0.15, -0.1) is 0 Å². The van der Waals surface area contributed by atoms with Gasteiger partial charge < -0.3 is 4.90 Å². The van der Waals surface area contributed by atoms with E-state index in [9.17, 15) is 0 Å². The maximum atomic E-state index is 2.53. The van der Waals surface area contributed by atoms with Crippen LogP contribution in [0.4, 0.5) is 17.1 Å². The maximum absolute atomic E-state index is 2.53. The number of hydrogen-bond donors (Lipinski definition) is 0. The van der Waals surface area contributed by atoms with E-state index in [0.29, 0.717) is 5.92 Å². The van der Waals surface area contributed by atoms with Crippen molar-refractivity contribution in [3.05, 3.63) is 216 Å². The Bertz CT molecular complexity index is 3030. The predicted octanol–water partition coefficient (Wildman–Crippen LogP) is 16.8. The van der Waals surface area contributed by atoms with Crippen molar-refractivity contribution < 1.29 is 0 Å². The van der Waals surface area contributed by atoms with Crippen LogP contribution in [-0.4, -0.2) is 0 Å². The van der Waals surface area contributed by atoms with Crippen LogP contribution in [0.3, 0.4) is 0 Å². The molecule has 1 atom stereocenters. The van der Waals surface area contributed by atoms with E-state index in [1.165, 1.54) is 115 Å². The first-order valence-corrected chi connectivity index (χ1v) is 22.5. The molecule has 0 spiro atoms. The van der Waals surface area contributed by atoms with Gasteiger partial charge in [0.05, 0.1) is 5.69 Å². The molecule has 1 nitrogen and oxygen atoms in total. The average Bonchev–Trinajstić information content (AvgIpc) is 3.50. The van der Waals surface area contributed by atoms with Crippen molar-refractivity contribution in [3.63, 3.8) is 0 Å². The highest BCUT2D eigenvalue weighted by atomic mass is 15.1. The Labute approximate surface area is 361 Å². The lowest BCUT2D eigenvalue weighted by molar-refractivity contribution is 0.445. The van der Waals surface area contributed by atoms with Crippen molar-refractivity contribution in [3.8, 4) is 22.3 Å². The lowest BCUT2D eigenvalue weighted by atomic mass is 9.67. The topological polar surface area (TPSA) is 3.24 Å². The van der Waals surface area contributed by atoms with E-state index in [1.807, 2.05) is 0 Å². The summed E-state index contributed by atoms with van der Waals surface area (Å²) in [5.74, 6) is 0.589. The van der Waals surface area contributed by atoms with Crippen LogP contribution in [0.15, 0.2) is 194 Å². The number of hydrogen-bond acceptors (Lipinski definition) is 1. The van der Waals surface area contributed by atoms with Gasteiger partial charge in [0.2, 0.25) is 0 Å². The summed E-state index contributed by atoms with van der Waals surface area (Å²) in [4.78, 5) is 2.53. The zero-order valence-electron chi connectivity index (χ0n) is 35.7. The van der Waals surface area contributed by atoms with E-state index in [2.05, 4.69) is 214 Å². The molecule has 0 N–H and O–H groups in total. The third-order valence-corrected chi connectivity index (χ3v) is 14.5. The highest BCUT2D eigenvalue weighted by molar-refractivity contribution is 6.04. The molecule has 1 fully saturated rings. The molecule has 0 aromatic heterocycles. The summed E-state index contributed by atoms with van der Waals surface area (Å²) in [5, 5.41) is 5.25. The zero-order chi connectivity index (χ0) is 41.1. The molecule has 0 saturated heterocycles. The van der Waals surface area contributed by atoms with Crippen molar-refractivity contribution in [1.82, 2.24) is 0 Å². The van der Waals surface area contributed by atoms with Crippen LogP contribution in [0.25, 0.3) is 49.4 Å². The van der Waals surface area contributed by atoms with Crippen molar-refractivity contribution in [2.75, 3.05) is 4.90 Å². The first-order chi connectivity index (χ1) is 29.9. The van der Waals surface area contributed by atoms with Gasteiger partial charge in [-0.2, -0.15) is 0 Å². The summed E-state index contributed by atoms with van der Waals surface area (Å²) in [5.41, 5.74) is 16.9. The van der Waals surface area contributed by atoms with Gasteiger partial charge in [0.15, 0.2) is 0 Å². The highest BCUT2D eigenvalue weighted by Crippen LogP contribution is 2.59. The van der Waals surface area contributed by atoms with E-state index in [4.69, 9.17) is 0 Å². The minimum Gasteiger partial charge on any atom is -0.310 e. The van der Waals surface area contributed by atoms with Gasteiger partial charge in [-0.25, -0.2) is 0 Å². The summed E-state index contributed by atoms with van der Waals surface area (Å²) < 4.78 is 0. The van der Waals surface area contributed by atoms with Crippen LogP contribution >= 0.6 is 0 Å². The molecule has 3 aliphatic rings. The van der Waals surface area contributed by atoms with Gasteiger partial charge in [0.25, 0.3) is 0 Å². The molecule has 61 heavy (non-hydrogen) atoms. The summed E-state index contributed by atoms with van der Waals surface area (Å²) in [6.45, 7) is 7.33. The number of fused-ring (bicyclic) bond motifs is 5. The van der Waals surface area contributed by atoms with Crippen LogP contribution in [0.1, 0.15) is 87.5 Å². The Morgan fingerprint density at radius 2 is 1.11 bits per heavy atom. The third-order valence-electron chi connectivity index (χ3n) is 14.5. The largest absolute Gasteiger partial charge is 0.310 e. The molecule has 0 heterocycles. The standard InChI is InChI=1S/C60H53N/c1-59(2)54-35-10-11-36-55(54)60(3)38-18-34-51(58(59)60)45-26-14-28-47(40-45)61(46-27-13-25-44(39-46)49-31-15-22-41-21-7-8-29-48(41)49)56-37-12-9-30-52(56)53-33-17-24-43-23-16-32-50(57(43)53)42-19-5-4-6-20-42/h7-18,21-37,39-40,42H,4-6,19-20,38H2,1-3H3. The number of anilines is 3. The molecule has 8 aromatic carbocycles. The molecule has 1 saturated carbocycles. The molecule has 0 radical (unpaired) electrons. The lowest BCUT2D eigenvalue weighted by Crippen LogP contribution is -2.29. The minimum atomic E-state index is -0.0923. The molecule has 8 aromatic rings. The van der Waals surface area contributed by atoms with E-state index in [1.54, 1.807) is 0 Å². The van der Waals surface area contributed by atoms with Crippen LogP contribution in [0, 0.1) is 0 Å². The molecule has 1 heteroatoms. The van der Waals surface area contributed by atoms with Crippen molar-refractivity contribution in [1.29, 1.82) is 0 Å². The molecule has 0 bridgehead atoms. The second-order valence-corrected chi connectivity index (χ2v) is 18.5. The van der Waals surface area contributed by atoms with E-state index in [0.717, 1.165) is 17.8 Å². The molecule has 3 aliphatic carbocycles. The molecule has 298 valence electrons. The first kappa shape index (κ1) is 37.6. The van der Waals surface area contributed by atoms with Gasteiger partial charge in [0, 0.05) is 27.8 Å². The Hall–Kier alpha value is -6.44. The van der Waals surface area contributed by atoms with Crippen LogP contribution in [-0.2, 0) is 10.8 Å². The number of para-hydroxylation sites is 1. The van der Waals surface area contributed by atoms with Gasteiger partial charge in [0.1, 0.15) is 0 Å². The first-order valence-electron chi connectivity index (χ1n) is 22.5. The quantitative estimate of drug-likeness (QED) is 0.155. The Morgan fingerprint density at radius 3 is 1.93 bits per heavy atom.